The van der Waals surface area contributed by atoms with E-state index < -0.39 is 0 Å². The highest BCUT2D eigenvalue weighted by Crippen LogP contribution is 2.21. The summed E-state index contributed by atoms with van der Waals surface area (Å²) in [5, 5.41) is 6.94. The highest BCUT2D eigenvalue weighted by Gasteiger charge is 2.11. The van der Waals surface area contributed by atoms with Crippen molar-refractivity contribution in [2.45, 2.75) is 19.4 Å². The average molecular weight is 289 g/mol. The van der Waals surface area contributed by atoms with Crippen molar-refractivity contribution in [3.63, 3.8) is 0 Å². The van der Waals surface area contributed by atoms with Crippen molar-refractivity contribution in [1.29, 1.82) is 0 Å². The molecular formula is C11H17BrN2S. The SMILES string of the molecule is Brc1ccc(CNCC2CCNCC2)s1. The molecule has 2 N–H and O–H groups in total. The van der Waals surface area contributed by atoms with Gasteiger partial charge in [-0.1, -0.05) is 0 Å². The van der Waals surface area contributed by atoms with Crippen molar-refractivity contribution >= 4 is 27.3 Å². The van der Waals surface area contributed by atoms with E-state index >= 15 is 0 Å². The molecular weight excluding hydrogens is 272 g/mol. The molecule has 1 aromatic rings. The molecule has 0 aliphatic carbocycles. The van der Waals surface area contributed by atoms with Crippen LogP contribution in [0.5, 0.6) is 0 Å². The molecule has 4 heteroatoms. The Morgan fingerprint density at radius 1 is 1.40 bits per heavy atom. The molecule has 0 amide bonds. The first-order valence-corrected chi connectivity index (χ1v) is 7.11. The number of halogens is 1. The summed E-state index contributed by atoms with van der Waals surface area (Å²) in [6, 6.07) is 4.30. The molecule has 1 aliphatic heterocycles. The van der Waals surface area contributed by atoms with Gasteiger partial charge in [-0.15, -0.1) is 11.3 Å². The molecule has 1 fully saturated rings. The summed E-state index contributed by atoms with van der Waals surface area (Å²) in [5.41, 5.74) is 0. The lowest BCUT2D eigenvalue weighted by atomic mass is 9.98. The summed E-state index contributed by atoms with van der Waals surface area (Å²) in [6.07, 6.45) is 2.64. The number of hydrogen-bond acceptors (Lipinski definition) is 3. The maximum atomic E-state index is 3.55. The second-order valence-corrected chi connectivity index (χ2v) is 6.58. The monoisotopic (exact) mass is 288 g/mol. The summed E-state index contributed by atoms with van der Waals surface area (Å²) < 4.78 is 1.22. The summed E-state index contributed by atoms with van der Waals surface area (Å²) in [7, 11) is 0. The quantitative estimate of drug-likeness (QED) is 0.890. The molecule has 84 valence electrons. The van der Waals surface area contributed by atoms with Gasteiger partial charge in [0.2, 0.25) is 0 Å². The van der Waals surface area contributed by atoms with E-state index in [1.165, 1.54) is 34.6 Å². The molecule has 0 aromatic carbocycles. The zero-order chi connectivity index (χ0) is 10.5. The fourth-order valence-electron chi connectivity index (χ4n) is 1.93. The van der Waals surface area contributed by atoms with Gasteiger partial charge >= 0.3 is 0 Å². The van der Waals surface area contributed by atoms with Crippen LogP contribution in [-0.2, 0) is 6.54 Å². The minimum atomic E-state index is 0.870. The van der Waals surface area contributed by atoms with Crippen LogP contribution in [0.2, 0.25) is 0 Å². The minimum Gasteiger partial charge on any atom is -0.317 e. The van der Waals surface area contributed by atoms with E-state index in [4.69, 9.17) is 0 Å². The first-order chi connectivity index (χ1) is 7.34. The van der Waals surface area contributed by atoms with Gasteiger partial charge in [-0.2, -0.15) is 0 Å². The molecule has 0 bridgehead atoms. The summed E-state index contributed by atoms with van der Waals surface area (Å²) in [4.78, 5) is 1.41. The van der Waals surface area contributed by atoms with Gasteiger partial charge in [0.15, 0.2) is 0 Å². The van der Waals surface area contributed by atoms with E-state index in [1.54, 1.807) is 0 Å². The number of rotatable bonds is 4. The van der Waals surface area contributed by atoms with Crippen LogP contribution in [0.25, 0.3) is 0 Å². The Hall–Kier alpha value is 0.1000. The minimum absolute atomic E-state index is 0.870. The van der Waals surface area contributed by atoms with Gasteiger partial charge in [0, 0.05) is 11.4 Å². The fourth-order valence-corrected chi connectivity index (χ4v) is 3.38. The Labute approximate surface area is 104 Å². The second kappa shape index (κ2) is 5.99. The van der Waals surface area contributed by atoms with Gasteiger partial charge in [0.1, 0.15) is 0 Å². The van der Waals surface area contributed by atoms with Gasteiger partial charge in [-0.25, -0.2) is 0 Å². The first kappa shape index (κ1) is 11.6. The van der Waals surface area contributed by atoms with Gasteiger partial charge in [-0.3, -0.25) is 0 Å². The van der Waals surface area contributed by atoms with Crippen LogP contribution in [0.3, 0.4) is 0 Å². The highest BCUT2D eigenvalue weighted by molar-refractivity contribution is 9.11. The largest absolute Gasteiger partial charge is 0.317 e. The Morgan fingerprint density at radius 2 is 2.20 bits per heavy atom. The highest BCUT2D eigenvalue weighted by atomic mass is 79.9. The number of thiophene rings is 1. The van der Waals surface area contributed by atoms with E-state index in [0.717, 1.165) is 19.0 Å². The maximum absolute atomic E-state index is 3.55. The number of piperidine rings is 1. The normalized spacial score (nSPS) is 18.2. The molecule has 2 heterocycles. The van der Waals surface area contributed by atoms with Crippen LogP contribution < -0.4 is 10.6 Å². The predicted octanol–water partition coefficient (Wildman–Crippen LogP) is 2.60. The average Bonchev–Trinajstić information content (AvgIpc) is 2.66. The molecule has 2 nitrogen and oxygen atoms in total. The molecule has 0 radical (unpaired) electrons. The van der Waals surface area contributed by atoms with Gasteiger partial charge in [-0.05, 0) is 66.5 Å². The Morgan fingerprint density at radius 3 is 2.87 bits per heavy atom. The van der Waals surface area contributed by atoms with E-state index in [2.05, 4.69) is 38.7 Å². The first-order valence-electron chi connectivity index (χ1n) is 5.50. The van der Waals surface area contributed by atoms with Crippen LogP contribution in [0.1, 0.15) is 17.7 Å². The summed E-state index contributed by atoms with van der Waals surface area (Å²) in [6.45, 7) is 4.56. The zero-order valence-electron chi connectivity index (χ0n) is 8.76. The topological polar surface area (TPSA) is 24.1 Å². The molecule has 1 saturated heterocycles. The van der Waals surface area contributed by atoms with Crippen molar-refractivity contribution in [2.24, 2.45) is 5.92 Å². The fraction of sp³-hybridized carbons (Fsp3) is 0.636. The predicted molar refractivity (Wildman–Crippen MR) is 69.3 cm³/mol. The number of nitrogens with one attached hydrogen (secondary N) is 2. The number of hydrogen-bond donors (Lipinski definition) is 2. The van der Waals surface area contributed by atoms with Crippen LogP contribution >= 0.6 is 27.3 Å². The lowest BCUT2D eigenvalue weighted by Gasteiger charge is -2.22. The molecule has 0 unspecified atom stereocenters. The van der Waals surface area contributed by atoms with Crippen molar-refractivity contribution in [2.75, 3.05) is 19.6 Å². The van der Waals surface area contributed by atoms with Crippen molar-refractivity contribution < 1.29 is 0 Å². The molecule has 15 heavy (non-hydrogen) atoms. The van der Waals surface area contributed by atoms with Crippen LogP contribution in [0, 0.1) is 5.92 Å². The lowest BCUT2D eigenvalue weighted by Crippen LogP contribution is -2.33. The molecule has 1 aromatic heterocycles. The van der Waals surface area contributed by atoms with Crippen LogP contribution in [0.4, 0.5) is 0 Å². The summed E-state index contributed by atoms with van der Waals surface area (Å²) >= 11 is 5.30. The standard InChI is InChI=1S/C11H17BrN2S/c12-11-2-1-10(15-11)8-14-7-9-3-5-13-6-4-9/h1-2,9,13-14H,3-8H2. The lowest BCUT2D eigenvalue weighted by molar-refractivity contribution is 0.357. The van der Waals surface area contributed by atoms with Crippen molar-refractivity contribution in [3.8, 4) is 0 Å². The third-order valence-corrected chi connectivity index (χ3v) is 4.44. The molecule has 1 aliphatic rings. The third kappa shape index (κ3) is 3.87. The van der Waals surface area contributed by atoms with E-state index in [-0.39, 0.29) is 0 Å². The van der Waals surface area contributed by atoms with Crippen molar-refractivity contribution in [3.05, 3.63) is 20.8 Å². The molecule has 0 spiro atoms. The maximum Gasteiger partial charge on any atom is 0.0701 e. The van der Waals surface area contributed by atoms with Gasteiger partial charge in [0.25, 0.3) is 0 Å². The van der Waals surface area contributed by atoms with Gasteiger partial charge in [0.05, 0.1) is 3.79 Å². The third-order valence-electron chi connectivity index (χ3n) is 2.82. The molecule has 2 rings (SSSR count). The Bertz CT molecular complexity index is 295. The smallest absolute Gasteiger partial charge is 0.0701 e. The Kier molecular flexibility index (Phi) is 4.62. The molecule has 0 saturated carbocycles. The van der Waals surface area contributed by atoms with E-state index in [1.807, 2.05) is 11.3 Å². The summed E-state index contributed by atoms with van der Waals surface area (Å²) in [5.74, 6) is 0.870. The van der Waals surface area contributed by atoms with Gasteiger partial charge < -0.3 is 10.6 Å². The van der Waals surface area contributed by atoms with Crippen molar-refractivity contribution in [1.82, 2.24) is 10.6 Å². The Balaban J connectivity index is 1.65. The van der Waals surface area contributed by atoms with Crippen LogP contribution in [-0.4, -0.2) is 19.6 Å². The zero-order valence-corrected chi connectivity index (χ0v) is 11.2. The van der Waals surface area contributed by atoms with Crippen LogP contribution in [0.15, 0.2) is 15.9 Å². The van der Waals surface area contributed by atoms with E-state index in [9.17, 15) is 0 Å². The molecule has 0 atom stereocenters. The second-order valence-electron chi connectivity index (χ2n) is 4.03. The van der Waals surface area contributed by atoms with E-state index in [0.29, 0.717) is 0 Å².